The Labute approximate surface area is 107 Å². The maximum Gasteiger partial charge on any atom is 0.175 e. The van der Waals surface area contributed by atoms with Gasteiger partial charge in [-0.3, -0.25) is 0 Å². The topological polar surface area (TPSA) is 63.6 Å². The Balaban J connectivity index is 1.89. The van der Waals surface area contributed by atoms with Crippen molar-refractivity contribution in [1.29, 1.82) is 0 Å². The average molecular weight is 265 g/mol. The van der Waals surface area contributed by atoms with Gasteiger partial charge < -0.3 is 5.32 Å². The summed E-state index contributed by atoms with van der Waals surface area (Å²) in [4.78, 5) is 13.2. The van der Waals surface area contributed by atoms with Gasteiger partial charge >= 0.3 is 0 Å². The Hall–Kier alpha value is -1.21. The Morgan fingerprint density at radius 1 is 1.41 bits per heavy atom. The molecule has 2 aromatic rings. The molecule has 2 heterocycles. The molecule has 0 unspecified atom stereocenters. The van der Waals surface area contributed by atoms with Crippen LogP contribution in [-0.4, -0.2) is 26.4 Å². The fourth-order valence-electron chi connectivity index (χ4n) is 1.44. The van der Waals surface area contributed by atoms with Crippen molar-refractivity contribution >= 4 is 29.1 Å². The summed E-state index contributed by atoms with van der Waals surface area (Å²) in [7, 11) is 1.87. The van der Waals surface area contributed by atoms with Crippen LogP contribution >= 0.6 is 23.3 Å². The molecule has 0 aliphatic heterocycles. The average Bonchev–Trinajstić information content (AvgIpc) is 3.09. The molecule has 1 fully saturated rings. The van der Waals surface area contributed by atoms with E-state index >= 15 is 0 Å². The number of hydrogen-bond donors (Lipinski definition) is 1. The van der Waals surface area contributed by atoms with Gasteiger partial charge in [0.15, 0.2) is 4.34 Å². The Morgan fingerprint density at radius 2 is 2.29 bits per heavy atom. The summed E-state index contributed by atoms with van der Waals surface area (Å²) in [5.74, 6) is 2.37. The molecule has 0 atom stereocenters. The van der Waals surface area contributed by atoms with E-state index in [0.717, 1.165) is 21.0 Å². The van der Waals surface area contributed by atoms with Gasteiger partial charge in [0, 0.05) is 19.0 Å². The second kappa shape index (κ2) is 4.58. The van der Waals surface area contributed by atoms with E-state index < -0.39 is 0 Å². The monoisotopic (exact) mass is 265 g/mol. The standard InChI is InChI=1S/C10H11N5S2/c1-11-7-4-8(16-10-12-5-13-17-10)15-9(14-7)6-2-3-6/h4-6H,2-3H2,1H3,(H,11,14,15). The molecule has 0 aromatic carbocycles. The summed E-state index contributed by atoms with van der Waals surface area (Å²) in [6.45, 7) is 0. The van der Waals surface area contributed by atoms with Gasteiger partial charge in [-0.2, -0.15) is 4.37 Å². The van der Waals surface area contributed by atoms with Crippen molar-refractivity contribution in [1.82, 2.24) is 19.3 Å². The number of aromatic nitrogens is 4. The van der Waals surface area contributed by atoms with E-state index in [-0.39, 0.29) is 0 Å². The molecule has 3 rings (SSSR count). The number of nitrogens with zero attached hydrogens (tertiary/aromatic N) is 4. The molecule has 0 amide bonds. The first-order chi connectivity index (χ1) is 8.35. The predicted octanol–water partition coefficient (Wildman–Crippen LogP) is 2.40. The molecule has 2 aromatic heterocycles. The third-order valence-corrected chi connectivity index (χ3v) is 4.08. The molecular weight excluding hydrogens is 254 g/mol. The molecule has 88 valence electrons. The third-order valence-electron chi connectivity index (χ3n) is 2.45. The van der Waals surface area contributed by atoms with Crippen molar-refractivity contribution in [3.63, 3.8) is 0 Å². The summed E-state index contributed by atoms with van der Waals surface area (Å²) >= 11 is 2.92. The molecule has 17 heavy (non-hydrogen) atoms. The zero-order valence-electron chi connectivity index (χ0n) is 9.25. The lowest BCUT2D eigenvalue weighted by molar-refractivity contribution is 0.880. The highest BCUT2D eigenvalue weighted by Gasteiger charge is 2.27. The Bertz CT molecular complexity index is 509. The first kappa shape index (κ1) is 10.9. The van der Waals surface area contributed by atoms with E-state index in [0.29, 0.717) is 5.92 Å². The van der Waals surface area contributed by atoms with E-state index in [4.69, 9.17) is 0 Å². The fraction of sp³-hybridized carbons (Fsp3) is 0.400. The molecule has 7 heteroatoms. The van der Waals surface area contributed by atoms with Gasteiger partial charge in [-0.05, 0) is 36.1 Å². The lowest BCUT2D eigenvalue weighted by Crippen LogP contribution is -1.99. The van der Waals surface area contributed by atoms with Gasteiger partial charge in [0.1, 0.15) is 23.0 Å². The highest BCUT2D eigenvalue weighted by Crippen LogP contribution is 2.39. The van der Waals surface area contributed by atoms with Gasteiger partial charge in [0.25, 0.3) is 0 Å². The van der Waals surface area contributed by atoms with Crippen LogP contribution in [0.15, 0.2) is 21.8 Å². The first-order valence-electron chi connectivity index (χ1n) is 5.36. The van der Waals surface area contributed by atoms with Crippen LogP contribution in [0.2, 0.25) is 0 Å². The van der Waals surface area contributed by atoms with Crippen LogP contribution < -0.4 is 5.32 Å². The van der Waals surface area contributed by atoms with Crippen molar-refractivity contribution in [2.45, 2.75) is 28.1 Å². The summed E-state index contributed by atoms with van der Waals surface area (Å²) in [6.07, 6.45) is 3.97. The molecule has 1 aliphatic carbocycles. The van der Waals surface area contributed by atoms with Gasteiger partial charge in [0.2, 0.25) is 0 Å². The largest absolute Gasteiger partial charge is 0.373 e. The smallest absolute Gasteiger partial charge is 0.175 e. The van der Waals surface area contributed by atoms with Crippen molar-refractivity contribution < 1.29 is 0 Å². The molecule has 1 N–H and O–H groups in total. The maximum atomic E-state index is 4.57. The zero-order valence-corrected chi connectivity index (χ0v) is 10.9. The molecule has 1 saturated carbocycles. The predicted molar refractivity (Wildman–Crippen MR) is 67.6 cm³/mol. The van der Waals surface area contributed by atoms with Crippen LogP contribution in [0.1, 0.15) is 24.6 Å². The maximum absolute atomic E-state index is 4.57. The molecule has 0 spiro atoms. The molecule has 0 bridgehead atoms. The second-order valence-corrected chi connectivity index (χ2v) is 5.83. The minimum atomic E-state index is 0.553. The van der Waals surface area contributed by atoms with Crippen molar-refractivity contribution in [2.24, 2.45) is 0 Å². The van der Waals surface area contributed by atoms with Crippen LogP contribution in [0.4, 0.5) is 5.82 Å². The SMILES string of the molecule is CNc1cc(Sc2ncns2)nc(C2CC2)n1. The van der Waals surface area contributed by atoms with E-state index in [9.17, 15) is 0 Å². The summed E-state index contributed by atoms with van der Waals surface area (Å²) in [5, 5.41) is 4.01. The van der Waals surface area contributed by atoms with Crippen molar-refractivity contribution in [3.8, 4) is 0 Å². The summed E-state index contributed by atoms with van der Waals surface area (Å²) in [6, 6.07) is 1.94. The van der Waals surface area contributed by atoms with Gasteiger partial charge in [0.05, 0.1) is 0 Å². The van der Waals surface area contributed by atoms with E-state index in [2.05, 4.69) is 24.6 Å². The molecule has 0 saturated heterocycles. The molecule has 0 radical (unpaired) electrons. The quantitative estimate of drug-likeness (QED) is 0.856. The number of rotatable bonds is 4. The van der Waals surface area contributed by atoms with Crippen LogP contribution in [0.5, 0.6) is 0 Å². The van der Waals surface area contributed by atoms with E-state index in [1.54, 1.807) is 6.33 Å². The second-order valence-electron chi connectivity index (χ2n) is 3.78. The minimum absolute atomic E-state index is 0.553. The Kier molecular flexibility index (Phi) is 2.94. The lowest BCUT2D eigenvalue weighted by atomic mass is 10.4. The number of nitrogens with one attached hydrogen (secondary N) is 1. The number of anilines is 1. The highest BCUT2D eigenvalue weighted by molar-refractivity contribution is 8.00. The minimum Gasteiger partial charge on any atom is -0.373 e. The van der Waals surface area contributed by atoms with Crippen LogP contribution in [0, 0.1) is 0 Å². The van der Waals surface area contributed by atoms with Gasteiger partial charge in [-0.15, -0.1) is 0 Å². The van der Waals surface area contributed by atoms with Crippen LogP contribution in [-0.2, 0) is 0 Å². The highest BCUT2D eigenvalue weighted by atomic mass is 32.2. The van der Waals surface area contributed by atoms with Crippen LogP contribution in [0.3, 0.4) is 0 Å². The third kappa shape index (κ3) is 2.55. The molecule has 5 nitrogen and oxygen atoms in total. The summed E-state index contributed by atoms with van der Waals surface area (Å²) < 4.78 is 4.89. The Morgan fingerprint density at radius 3 is 2.94 bits per heavy atom. The summed E-state index contributed by atoms with van der Waals surface area (Å²) in [5.41, 5.74) is 0. The zero-order chi connectivity index (χ0) is 11.7. The molecule has 1 aliphatic rings. The van der Waals surface area contributed by atoms with Crippen LogP contribution in [0.25, 0.3) is 0 Å². The van der Waals surface area contributed by atoms with E-state index in [1.165, 1.54) is 36.1 Å². The van der Waals surface area contributed by atoms with Gasteiger partial charge in [-0.25, -0.2) is 15.0 Å². The van der Waals surface area contributed by atoms with Gasteiger partial charge in [-0.1, -0.05) is 0 Å². The van der Waals surface area contributed by atoms with Crippen molar-refractivity contribution in [3.05, 3.63) is 18.2 Å². The molecular formula is C10H11N5S2. The lowest BCUT2D eigenvalue weighted by Gasteiger charge is -2.05. The number of hydrogen-bond acceptors (Lipinski definition) is 7. The van der Waals surface area contributed by atoms with E-state index in [1.807, 2.05) is 13.1 Å². The first-order valence-corrected chi connectivity index (χ1v) is 6.95. The fourth-order valence-corrected chi connectivity index (χ4v) is 2.85. The normalized spacial score (nSPS) is 14.9. The van der Waals surface area contributed by atoms with Crippen molar-refractivity contribution in [2.75, 3.05) is 12.4 Å².